The van der Waals surface area contributed by atoms with Gasteiger partial charge in [0.2, 0.25) is 0 Å². The fraction of sp³-hybridized carbons (Fsp3) is 0.778. The third-order valence-corrected chi connectivity index (χ3v) is 3.86. The molecular formula is C9H13BrN2OS. The highest BCUT2D eigenvalue weighted by molar-refractivity contribution is 9.11. The Bertz CT molecular complexity index is 297. The van der Waals surface area contributed by atoms with Crippen molar-refractivity contribution in [2.75, 3.05) is 0 Å². The van der Waals surface area contributed by atoms with Crippen molar-refractivity contribution in [3.63, 3.8) is 0 Å². The van der Waals surface area contributed by atoms with Gasteiger partial charge in [-0.1, -0.05) is 12.0 Å². The quantitative estimate of drug-likeness (QED) is 0.832. The Morgan fingerprint density at radius 2 is 2.00 bits per heavy atom. The number of aromatic nitrogens is 2. The SMILES string of the molecule is CC1CCC(Oc2nnc(Br)s2)CC1. The van der Waals surface area contributed by atoms with E-state index >= 15 is 0 Å². The molecule has 0 spiro atoms. The van der Waals surface area contributed by atoms with Crippen molar-refractivity contribution in [3.8, 4) is 5.19 Å². The second-order valence-corrected chi connectivity index (χ2v) is 6.04. The molecule has 78 valence electrons. The van der Waals surface area contributed by atoms with Gasteiger partial charge in [-0.05, 0) is 58.9 Å². The number of hydrogen-bond donors (Lipinski definition) is 0. The predicted molar refractivity (Wildman–Crippen MR) is 59.7 cm³/mol. The molecule has 0 N–H and O–H groups in total. The largest absolute Gasteiger partial charge is 0.466 e. The molecule has 3 nitrogen and oxygen atoms in total. The van der Waals surface area contributed by atoms with E-state index in [9.17, 15) is 0 Å². The lowest BCUT2D eigenvalue weighted by atomic mass is 9.89. The summed E-state index contributed by atoms with van der Waals surface area (Å²) in [4.78, 5) is 0. The maximum absolute atomic E-state index is 5.74. The minimum Gasteiger partial charge on any atom is -0.466 e. The van der Waals surface area contributed by atoms with Gasteiger partial charge in [-0.15, -0.1) is 5.10 Å². The molecule has 0 unspecified atom stereocenters. The topological polar surface area (TPSA) is 35.0 Å². The summed E-state index contributed by atoms with van der Waals surface area (Å²) < 4.78 is 6.53. The summed E-state index contributed by atoms with van der Waals surface area (Å²) in [5, 5.41) is 8.48. The number of rotatable bonds is 2. The Balaban J connectivity index is 1.86. The van der Waals surface area contributed by atoms with E-state index in [0.717, 1.165) is 22.7 Å². The van der Waals surface area contributed by atoms with E-state index in [2.05, 4.69) is 33.1 Å². The van der Waals surface area contributed by atoms with Crippen LogP contribution in [0.25, 0.3) is 0 Å². The summed E-state index contributed by atoms with van der Waals surface area (Å²) in [6.45, 7) is 2.30. The Morgan fingerprint density at radius 1 is 1.29 bits per heavy atom. The number of ether oxygens (including phenoxy) is 1. The van der Waals surface area contributed by atoms with Crippen molar-refractivity contribution in [3.05, 3.63) is 3.92 Å². The molecule has 0 saturated heterocycles. The predicted octanol–water partition coefficient (Wildman–Crippen LogP) is 3.26. The molecule has 0 bridgehead atoms. The molecule has 0 atom stereocenters. The molecule has 0 aromatic carbocycles. The van der Waals surface area contributed by atoms with Crippen LogP contribution in [0.5, 0.6) is 5.19 Å². The second-order valence-electron chi connectivity index (χ2n) is 3.82. The van der Waals surface area contributed by atoms with Crippen LogP contribution in [-0.2, 0) is 0 Å². The number of nitrogens with zero attached hydrogens (tertiary/aromatic N) is 2. The lowest BCUT2D eigenvalue weighted by molar-refractivity contribution is 0.134. The van der Waals surface area contributed by atoms with Crippen LogP contribution in [0.3, 0.4) is 0 Å². The molecular weight excluding hydrogens is 264 g/mol. The zero-order valence-corrected chi connectivity index (χ0v) is 10.5. The maximum atomic E-state index is 5.74. The van der Waals surface area contributed by atoms with E-state index in [1.54, 1.807) is 0 Å². The van der Waals surface area contributed by atoms with Gasteiger partial charge in [0.1, 0.15) is 6.10 Å². The summed E-state index contributed by atoms with van der Waals surface area (Å²) in [6.07, 6.45) is 5.19. The highest BCUT2D eigenvalue weighted by Gasteiger charge is 2.20. The van der Waals surface area contributed by atoms with E-state index in [-0.39, 0.29) is 0 Å². The average molecular weight is 277 g/mol. The van der Waals surface area contributed by atoms with Gasteiger partial charge in [-0.2, -0.15) is 0 Å². The Kier molecular flexibility index (Phi) is 3.38. The summed E-state index contributed by atoms with van der Waals surface area (Å²) in [7, 11) is 0. The van der Waals surface area contributed by atoms with Crippen molar-refractivity contribution in [1.82, 2.24) is 10.2 Å². The van der Waals surface area contributed by atoms with Gasteiger partial charge in [-0.3, -0.25) is 0 Å². The summed E-state index contributed by atoms with van der Waals surface area (Å²) in [6, 6.07) is 0. The van der Waals surface area contributed by atoms with Gasteiger partial charge in [0.15, 0.2) is 3.92 Å². The van der Waals surface area contributed by atoms with Crippen molar-refractivity contribution in [2.45, 2.75) is 38.7 Å². The first kappa shape index (κ1) is 10.4. The smallest absolute Gasteiger partial charge is 0.295 e. The molecule has 0 radical (unpaired) electrons. The first-order valence-electron chi connectivity index (χ1n) is 4.89. The lowest BCUT2D eigenvalue weighted by Gasteiger charge is -2.25. The van der Waals surface area contributed by atoms with Gasteiger partial charge in [0, 0.05) is 0 Å². The van der Waals surface area contributed by atoms with Gasteiger partial charge in [0.25, 0.3) is 5.19 Å². The van der Waals surface area contributed by atoms with Crippen LogP contribution in [0.1, 0.15) is 32.6 Å². The van der Waals surface area contributed by atoms with Crippen molar-refractivity contribution in [2.24, 2.45) is 5.92 Å². The van der Waals surface area contributed by atoms with Crippen molar-refractivity contribution >= 4 is 27.3 Å². The monoisotopic (exact) mass is 276 g/mol. The number of hydrogen-bond acceptors (Lipinski definition) is 4. The summed E-state index contributed by atoms with van der Waals surface area (Å²) in [5.41, 5.74) is 0. The van der Waals surface area contributed by atoms with Crippen molar-refractivity contribution < 1.29 is 4.74 Å². The first-order chi connectivity index (χ1) is 6.74. The highest BCUT2D eigenvalue weighted by Crippen LogP contribution is 2.29. The lowest BCUT2D eigenvalue weighted by Crippen LogP contribution is -2.22. The highest BCUT2D eigenvalue weighted by atomic mass is 79.9. The standard InChI is InChI=1S/C9H13BrN2OS/c1-6-2-4-7(5-3-6)13-9-12-11-8(10)14-9/h6-7H,2-5H2,1H3. The Hall–Kier alpha value is -0.160. The second kappa shape index (κ2) is 4.57. The molecule has 5 heteroatoms. The van der Waals surface area contributed by atoms with E-state index in [1.165, 1.54) is 24.2 Å². The van der Waals surface area contributed by atoms with E-state index in [0.29, 0.717) is 11.3 Å². The van der Waals surface area contributed by atoms with Crippen LogP contribution >= 0.6 is 27.3 Å². The van der Waals surface area contributed by atoms with Gasteiger partial charge in [-0.25, -0.2) is 0 Å². The Morgan fingerprint density at radius 3 is 2.57 bits per heavy atom. The summed E-state index contributed by atoms with van der Waals surface area (Å²) >= 11 is 4.73. The van der Waals surface area contributed by atoms with Crippen LogP contribution in [0.2, 0.25) is 0 Å². The van der Waals surface area contributed by atoms with Crippen LogP contribution < -0.4 is 4.74 Å². The van der Waals surface area contributed by atoms with E-state index in [1.807, 2.05) is 0 Å². The zero-order chi connectivity index (χ0) is 9.97. The molecule has 1 fully saturated rings. The fourth-order valence-electron chi connectivity index (χ4n) is 1.73. The maximum Gasteiger partial charge on any atom is 0.295 e. The third-order valence-electron chi connectivity index (χ3n) is 2.61. The molecule has 14 heavy (non-hydrogen) atoms. The Labute approximate surface area is 96.0 Å². The van der Waals surface area contributed by atoms with Crippen LogP contribution in [0.15, 0.2) is 3.92 Å². The molecule has 1 saturated carbocycles. The minimum absolute atomic E-state index is 0.353. The molecule has 2 rings (SSSR count). The summed E-state index contributed by atoms with van der Waals surface area (Å²) in [5.74, 6) is 0.857. The minimum atomic E-state index is 0.353. The normalized spacial score (nSPS) is 27.6. The molecule has 1 aliphatic rings. The first-order valence-corrected chi connectivity index (χ1v) is 6.50. The van der Waals surface area contributed by atoms with E-state index in [4.69, 9.17) is 4.74 Å². The molecule has 0 amide bonds. The zero-order valence-electron chi connectivity index (χ0n) is 8.07. The third kappa shape index (κ3) is 2.67. The average Bonchev–Trinajstić information content (AvgIpc) is 2.56. The van der Waals surface area contributed by atoms with Gasteiger partial charge < -0.3 is 4.74 Å². The van der Waals surface area contributed by atoms with Crippen LogP contribution in [-0.4, -0.2) is 16.3 Å². The van der Waals surface area contributed by atoms with Crippen LogP contribution in [0, 0.1) is 5.92 Å². The molecule has 0 aliphatic heterocycles. The van der Waals surface area contributed by atoms with Gasteiger partial charge >= 0.3 is 0 Å². The molecule has 1 aromatic heterocycles. The number of halogens is 1. The fourth-order valence-corrected chi connectivity index (χ4v) is 2.72. The van der Waals surface area contributed by atoms with Crippen LogP contribution in [0.4, 0.5) is 0 Å². The van der Waals surface area contributed by atoms with E-state index < -0.39 is 0 Å². The van der Waals surface area contributed by atoms with Gasteiger partial charge in [0.05, 0.1) is 0 Å². The van der Waals surface area contributed by atoms with Crippen molar-refractivity contribution in [1.29, 1.82) is 0 Å². The molecule has 1 heterocycles. The molecule has 1 aromatic rings. The molecule has 1 aliphatic carbocycles.